The van der Waals surface area contributed by atoms with Crippen LogP contribution in [-0.2, 0) is 0 Å². The molecule has 16 heavy (non-hydrogen) atoms. The molecule has 5 heteroatoms. The van der Waals surface area contributed by atoms with Crippen molar-refractivity contribution < 1.29 is 4.79 Å². The van der Waals surface area contributed by atoms with Gasteiger partial charge in [-0.3, -0.25) is 4.79 Å². The molecule has 0 radical (unpaired) electrons. The molecule has 86 valence electrons. The quantitative estimate of drug-likeness (QED) is 0.520. The summed E-state index contributed by atoms with van der Waals surface area (Å²) in [5, 5.41) is 2.98. The minimum atomic E-state index is -0.0583. The van der Waals surface area contributed by atoms with Crippen LogP contribution < -0.4 is 16.6 Å². The van der Waals surface area contributed by atoms with Crippen LogP contribution in [0.1, 0.15) is 30.1 Å². The van der Waals surface area contributed by atoms with E-state index in [0.29, 0.717) is 23.3 Å². The Morgan fingerprint density at radius 3 is 2.94 bits per heavy atom. The molecular formula is C11H16N4O. The number of rotatable bonds is 4. The molecular weight excluding hydrogens is 204 g/mol. The normalized spacial score (nSPS) is 22.6. The van der Waals surface area contributed by atoms with Crippen LogP contribution in [0.25, 0.3) is 0 Å². The second-order valence-corrected chi connectivity index (χ2v) is 4.06. The Hall–Kier alpha value is -1.62. The van der Waals surface area contributed by atoms with E-state index in [-0.39, 0.29) is 5.91 Å². The van der Waals surface area contributed by atoms with E-state index in [4.69, 9.17) is 5.84 Å². The van der Waals surface area contributed by atoms with Crippen LogP contribution in [-0.4, -0.2) is 16.9 Å². The van der Waals surface area contributed by atoms with Crippen LogP contribution in [0.15, 0.2) is 18.3 Å². The third-order valence-corrected chi connectivity index (χ3v) is 2.94. The molecule has 5 nitrogen and oxygen atoms in total. The van der Waals surface area contributed by atoms with E-state index in [0.717, 1.165) is 12.8 Å². The second kappa shape index (κ2) is 4.49. The van der Waals surface area contributed by atoms with E-state index >= 15 is 0 Å². The van der Waals surface area contributed by atoms with E-state index in [1.165, 1.54) is 6.20 Å². The average Bonchev–Trinajstić information content (AvgIpc) is 3.07. The zero-order chi connectivity index (χ0) is 11.5. The molecule has 2 unspecified atom stereocenters. The van der Waals surface area contributed by atoms with Crippen molar-refractivity contribution in [3.63, 3.8) is 0 Å². The lowest BCUT2D eigenvalue weighted by atomic mass is 10.2. The largest absolute Gasteiger partial charge is 0.349 e. The molecule has 1 aliphatic rings. The number of anilines is 1. The minimum absolute atomic E-state index is 0.0583. The Labute approximate surface area is 94.4 Å². The number of hydrogen-bond acceptors (Lipinski definition) is 4. The lowest BCUT2D eigenvalue weighted by molar-refractivity contribution is 0.0948. The van der Waals surface area contributed by atoms with E-state index in [1.807, 2.05) is 0 Å². The molecule has 0 bridgehead atoms. The summed E-state index contributed by atoms with van der Waals surface area (Å²) < 4.78 is 0. The smallest absolute Gasteiger partial charge is 0.253 e. The Bertz CT molecular complexity index is 376. The number of hydrogen-bond donors (Lipinski definition) is 3. The number of nitrogens with two attached hydrogens (primary N) is 1. The van der Waals surface area contributed by atoms with Gasteiger partial charge in [0, 0.05) is 12.2 Å². The van der Waals surface area contributed by atoms with Gasteiger partial charge >= 0.3 is 0 Å². The molecule has 2 rings (SSSR count). The fourth-order valence-electron chi connectivity index (χ4n) is 1.74. The van der Waals surface area contributed by atoms with Crippen LogP contribution in [0.3, 0.4) is 0 Å². The molecule has 0 saturated heterocycles. The molecule has 0 spiro atoms. The van der Waals surface area contributed by atoms with Crippen molar-refractivity contribution in [3.05, 3.63) is 23.9 Å². The third kappa shape index (κ3) is 2.30. The standard InChI is InChI=1S/C11H16N4O/c1-2-7-5-9(7)14-11(16)8-3-4-10(15-12)13-6-8/h3-4,6-7,9H,2,5,12H2,1H3,(H,13,15)(H,14,16). The third-order valence-electron chi connectivity index (χ3n) is 2.94. The summed E-state index contributed by atoms with van der Waals surface area (Å²) in [5.74, 6) is 6.34. The van der Waals surface area contributed by atoms with Gasteiger partial charge in [0.25, 0.3) is 5.91 Å². The maximum absolute atomic E-state index is 11.8. The summed E-state index contributed by atoms with van der Waals surface area (Å²) in [6.07, 6.45) is 3.74. The van der Waals surface area contributed by atoms with E-state index < -0.39 is 0 Å². The predicted molar refractivity (Wildman–Crippen MR) is 61.7 cm³/mol. The number of nitrogens with one attached hydrogen (secondary N) is 2. The summed E-state index contributed by atoms with van der Waals surface area (Å²) in [5.41, 5.74) is 2.99. The summed E-state index contributed by atoms with van der Waals surface area (Å²) in [7, 11) is 0. The molecule has 2 atom stereocenters. The fraction of sp³-hybridized carbons (Fsp3) is 0.455. The number of hydrazine groups is 1. The van der Waals surface area contributed by atoms with Crippen molar-refractivity contribution in [2.24, 2.45) is 11.8 Å². The monoisotopic (exact) mass is 220 g/mol. The molecule has 1 saturated carbocycles. The Kier molecular flexibility index (Phi) is 3.05. The van der Waals surface area contributed by atoms with Gasteiger partial charge in [0.15, 0.2) is 0 Å². The first kappa shape index (κ1) is 10.9. The van der Waals surface area contributed by atoms with Gasteiger partial charge in [-0.05, 0) is 24.5 Å². The second-order valence-electron chi connectivity index (χ2n) is 4.06. The molecule has 1 amide bonds. The van der Waals surface area contributed by atoms with E-state index in [1.54, 1.807) is 12.1 Å². The summed E-state index contributed by atoms with van der Waals surface area (Å²) >= 11 is 0. The van der Waals surface area contributed by atoms with Crippen molar-refractivity contribution in [2.45, 2.75) is 25.8 Å². The van der Waals surface area contributed by atoms with Gasteiger partial charge < -0.3 is 10.7 Å². The highest BCUT2D eigenvalue weighted by atomic mass is 16.1. The lowest BCUT2D eigenvalue weighted by Gasteiger charge is -2.04. The highest BCUT2D eigenvalue weighted by molar-refractivity contribution is 5.94. The van der Waals surface area contributed by atoms with Crippen LogP contribution in [0.4, 0.5) is 5.82 Å². The van der Waals surface area contributed by atoms with Gasteiger partial charge in [-0.1, -0.05) is 13.3 Å². The average molecular weight is 220 g/mol. The van der Waals surface area contributed by atoms with Crippen LogP contribution in [0.2, 0.25) is 0 Å². The first-order valence-corrected chi connectivity index (χ1v) is 5.48. The van der Waals surface area contributed by atoms with Crippen molar-refractivity contribution in [3.8, 4) is 0 Å². The fourth-order valence-corrected chi connectivity index (χ4v) is 1.74. The Balaban J connectivity index is 1.93. The van der Waals surface area contributed by atoms with Crippen LogP contribution >= 0.6 is 0 Å². The molecule has 1 aliphatic carbocycles. The van der Waals surface area contributed by atoms with Gasteiger partial charge in [0.2, 0.25) is 0 Å². The molecule has 1 aromatic heterocycles. The van der Waals surface area contributed by atoms with Crippen molar-refractivity contribution in [2.75, 3.05) is 5.43 Å². The topological polar surface area (TPSA) is 80.0 Å². The van der Waals surface area contributed by atoms with E-state index in [2.05, 4.69) is 22.7 Å². The zero-order valence-corrected chi connectivity index (χ0v) is 9.23. The number of amides is 1. The van der Waals surface area contributed by atoms with Crippen molar-refractivity contribution in [1.82, 2.24) is 10.3 Å². The molecule has 1 fully saturated rings. The lowest BCUT2D eigenvalue weighted by Crippen LogP contribution is -2.26. The van der Waals surface area contributed by atoms with Crippen molar-refractivity contribution >= 4 is 11.7 Å². The van der Waals surface area contributed by atoms with E-state index in [9.17, 15) is 4.79 Å². The zero-order valence-electron chi connectivity index (χ0n) is 9.23. The number of carbonyl (C=O) groups is 1. The number of aromatic nitrogens is 1. The van der Waals surface area contributed by atoms with Crippen LogP contribution in [0.5, 0.6) is 0 Å². The van der Waals surface area contributed by atoms with Gasteiger partial charge in [-0.15, -0.1) is 0 Å². The van der Waals surface area contributed by atoms with Crippen LogP contribution in [0, 0.1) is 5.92 Å². The number of nitrogen functional groups attached to an aromatic ring is 1. The summed E-state index contributed by atoms with van der Waals surface area (Å²) in [6, 6.07) is 3.74. The maximum atomic E-state index is 11.8. The number of pyridine rings is 1. The molecule has 1 heterocycles. The van der Waals surface area contributed by atoms with Gasteiger partial charge in [0.05, 0.1) is 5.56 Å². The van der Waals surface area contributed by atoms with Gasteiger partial charge in [-0.25, -0.2) is 10.8 Å². The van der Waals surface area contributed by atoms with Crippen molar-refractivity contribution in [1.29, 1.82) is 0 Å². The van der Waals surface area contributed by atoms with Gasteiger partial charge in [-0.2, -0.15) is 0 Å². The minimum Gasteiger partial charge on any atom is -0.349 e. The molecule has 0 aliphatic heterocycles. The van der Waals surface area contributed by atoms with Gasteiger partial charge in [0.1, 0.15) is 5.82 Å². The highest BCUT2D eigenvalue weighted by Crippen LogP contribution is 2.33. The maximum Gasteiger partial charge on any atom is 0.253 e. The summed E-state index contributed by atoms with van der Waals surface area (Å²) in [4.78, 5) is 15.7. The Morgan fingerprint density at radius 1 is 1.62 bits per heavy atom. The highest BCUT2D eigenvalue weighted by Gasteiger charge is 2.36. The SMILES string of the molecule is CCC1CC1NC(=O)c1ccc(NN)nc1. The number of nitrogens with zero attached hydrogens (tertiary/aromatic N) is 1. The number of carbonyl (C=O) groups excluding carboxylic acids is 1. The summed E-state index contributed by atoms with van der Waals surface area (Å²) in [6.45, 7) is 2.14. The first-order chi connectivity index (χ1) is 7.74. The molecule has 1 aromatic rings. The Morgan fingerprint density at radius 2 is 2.44 bits per heavy atom. The molecule has 0 aromatic carbocycles. The molecule has 4 N–H and O–H groups in total. The predicted octanol–water partition coefficient (Wildman–Crippen LogP) is 0.895. The first-order valence-electron chi connectivity index (χ1n) is 5.48.